The van der Waals surface area contributed by atoms with Crippen LogP contribution in [0.25, 0.3) is 22.2 Å². The van der Waals surface area contributed by atoms with Gasteiger partial charge in [0.2, 0.25) is 0 Å². The lowest BCUT2D eigenvalue weighted by Crippen LogP contribution is -2.23. The van der Waals surface area contributed by atoms with E-state index in [1.54, 1.807) is 0 Å². The average molecular weight is 382 g/mol. The number of hydrogen-bond donors (Lipinski definition) is 0. The molecule has 0 N–H and O–H groups in total. The minimum absolute atomic E-state index is 0. The first-order chi connectivity index (χ1) is 12.8. The second-order valence-electron chi connectivity index (χ2n) is 7.13. The molecule has 0 unspecified atom stereocenters. The van der Waals surface area contributed by atoms with Crippen molar-refractivity contribution < 1.29 is 9.53 Å². The molecule has 1 aromatic heterocycles. The van der Waals surface area contributed by atoms with Crippen molar-refractivity contribution >= 4 is 29.1 Å². The number of hydrogen-bond acceptors (Lipinski definition) is 5. The maximum atomic E-state index is 11.7. The topological polar surface area (TPSA) is 55.3 Å². The second-order valence-corrected chi connectivity index (χ2v) is 7.13. The smallest absolute Gasteiger partial charge is 0.310 e. The van der Waals surface area contributed by atoms with Crippen molar-refractivity contribution in [1.29, 1.82) is 0 Å². The van der Waals surface area contributed by atoms with Crippen LogP contribution in [0.1, 0.15) is 5.56 Å². The lowest BCUT2D eigenvalue weighted by Gasteiger charge is -2.16. The third-order valence-electron chi connectivity index (χ3n) is 5.40. The molecule has 0 saturated carbocycles. The van der Waals surface area contributed by atoms with Crippen LogP contribution >= 0.6 is 12.4 Å². The molecule has 5 nitrogen and oxygen atoms in total. The molecule has 27 heavy (non-hydrogen) atoms. The molecule has 5 rings (SSSR count). The maximum Gasteiger partial charge on any atom is 0.310 e. The summed E-state index contributed by atoms with van der Waals surface area (Å²) >= 11 is 0. The summed E-state index contributed by atoms with van der Waals surface area (Å²) in [6, 6.07) is 14.5. The van der Waals surface area contributed by atoms with Gasteiger partial charge in [0, 0.05) is 49.1 Å². The van der Waals surface area contributed by atoms with Crippen LogP contribution < -0.4 is 0 Å². The van der Waals surface area contributed by atoms with Crippen molar-refractivity contribution in [2.75, 3.05) is 19.7 Å². The van der Waals surface area contributed by atoms with Gasteiger partial charge in [0.1, 0.15) is 0 Å². The van der Waals surface area contributed by atoms with Crippen LogP contribution in [-0.2, 0) is 16.1 Å². The molecule has 6 heteroatoms. The largest absolute Gasteiger partial charge is 0.465 e. The number of likely N-dealkylation sites (tertiary alicyclic amines) is 1. The molecule has 0 aliphatic carbocycles. The highest BCUT2D eigenvalue weighted by Crippen LogP contribution is 2.31. The molecule has 0 spiro atoms. The predicted octanol–water partition coefficient (Wildman–Crippen LogP) is 3.32. The van der Waals surface area contributed by atoms with Gasteiger partial charge >= 0.3 is 5.97 Å². The number of carbonyl (C=O) groups is 1. The lowest BCUT2D eigenvalue weighted by atomic mass is 10.0. The standard InChI is InChI=1S/C21H19N3O2.ClH/c25-21-19-12-24(11-16(19)13-26-21)10-14-8-22-20(23-9-14)18-7-3-5-15-4-1-2-6-17(15)18;/h1-9,16,19H,10-13H2;1H/t16-,19-;/m1./s1. The summed E-state index contributed by atoms with van der Waals surface area (Å²) in [6.45, 7) is 3.02. The summed E-state index contributed by atoms with van der Waals surface area (Å²) in [4.78, 5) is 23.2. The van der Waals surface area contributed by atoms with E-state index in [-0.39, 0.29) is 24.3 Å². The third kappa shape index (κ3) is 3.29. The quantitative estimate of drug-likeness (QED) is 0.651. The Morgan fingerprint density at radius 1 is 1.04 bits per heavy atom. The number of cyclic esters (lactones) is 1. The molecule has 2 aromatic carbocycles. The second kappa shape index (κ2) is 7.25. The molecule has 138 valence electrons. The molecule has 0 bridgehead atoms. The normalized spacial score (nSPS) is 21.7. The Hall–Kier alpha value is -2.50. The van der Waals surface area contributed by atoms with E-state index in [2.05, 4.69) is 39.1 Å². The SMILES string of the molecule is Cl.O=C1OC[C@H]2CN(Cc3cnc(-c4cccc5ccccc45)nc3)C[C@@H]12. The van der Waals surface area contributed by atoms with Crippen LogP contribution in [0.2, 0.25) is 0 Å². The highest BCUT2D eigenvalue weighted by molar-refractivity contribution is 5.94. The van der Waals surface area contributed by atoms with Crippen LogP contribution in [0, 0.1) is 11.8 Å². The van der Waals surface area contributed by atoms with Gasteiger partial charge in [-0.1, -0.05) is 42.5 Å². The Kier molecular flexibility index (Phi) is 4.81. The number of benzene rings is 2. The zero-order valence-electron chi connectivity index (χ0n) is 14.7. The minimum atomic E-state index is -0.0416. The lowest BCUT2D eigenvalue weighted by molar-refractivity contribution is -0.141. The van der Waals surface area contributed by atoms with Gasteiger partial charge in [-0.3, -0.25) is 9.69 Å². The molecule has 2 fully saturated rings. The van der Waals surface area contributed by atoms with Crippen LogP contribution in [-0.4, -0.2) is 40.5 Å². The molecular weight excluding hydrogens is 362 g/mol. The van der Waals surface area contributed by atoms with Crippen molar-refractivity contribution in [1.82, 2.24) is 14.9 Å². The Morgan fingerprint density at radius 3 is 2.63 bits per heavy atom. The van der Waals surface area contributed by atoms with Crippen molar-refractivity contribution in [2.24, 2.45) is 11.8 Å². The molecule has 3 heterocycles. The Bertz CT molecular complexity index is 971. The monoisotopic (exact) mass is 381 g/mol. The molecule has 2 atom stereocenters. The zero-order chi connectivity index (χ0) is 17.5. The van der Waals surface area contributed by atoms with Gasteiger partial charge in [-0.05, 0) is 10.8 Å². The number of esters is 1. The van der Waals surface area contributed by atoms with Crippen LogP contribution in [0.4, 0.5) is 0 Å². The van der Waals surface area contributed by atoms with E-state index >= 15 is 0 Å². The molecule has 2 saturated heterocycles. The Labute approximate surface area is 163 Å². The fourth-order valence-electron chi connectivity index (χ4n) is 4.08. The fourth-order valence-corrected chi connectivity index (χ4v) is 4.08. The van der Waals surface area contributed by atoms with Gasteiger partial charge < -0.3 is 4.74 Å². The summed E-state index contributed by atoms with van der Waals surface area (Å²) in [5.41, 5.74) is 2.12. The predicted molar refractivity (Wildman–Crippen MR) is 105 cm³/mol. The number of halogens is 1. The minimum Gasteiger partial charge on any atom is -0.465 e. The molecule has 2 aliphatic rings. The first-order valence-electron chi connectivity index (χ1n) is 8.96. The van der Waals surface area contributed by atoms with Gasteiger partial charge in [0.25, 0.3) is 0 Å². The Morgan fingerprint density at radius 2 is 1.81 bits per heavy atom. The van der Waals surface area contributed by atoms with Gasteiger partial charge in [0.15, 0.2) is 5.82 Å². The highest BCUT2D eigenvalue weighted by atomic mass is 35.5. The van der Waals surface area contributed by atoms with E-state index < -0.39 is 0 Å². The average Bonchev–Trinajstić information content (AvgIpc) is 3.23. The molecule has 3 aromatic rings. The van der Waals surface area contributed by atoms with Crippen molar-refractivity contribution in [3.8, 4) is 11.4 Å². The molecule has 0 amide bonds. The van der Waals surface area contributed by atoms with Crippen molar-refractivity contribution in [3.63, 3.8) is 0 Å². The number of rotatable bonds is 3. The number of aromatic nitrogens is 2. The summed E-state index contributed by atoms with van der Waals surface area (Å²) in [7, 11) is 0. The van der Waals surface area contributed by atoms with Gasteiger partial charge in [-0.2, -0.15) is 0 Å². The summed E-state index contributed by atoms with van der Waals surface area (Å²) in [5, 5.41) is 2.35. The van der Waals surface area contributed by atoms with E-state index in [1.807, 2.05) is 30.6 Å². The summed E-state index contributed by atoms with van der Waals surface area (Å²) in [5.74, 6) is 1.09. The van der Waals surface area contributed by atoms with Gasteiger partial charge in [0.05, 0.1) is 12.5 Å². The number of carbonyl (C=O) groups excluding carboxylic acids is 1. The van der Waals surface area contributed by atoms with E-state index in [4.69, 9.17) is 4.74 Å². The van der Waals surface area contributed by atoms with Gasteiger partial charge in [-0.25, -0.2) is 9.97 Å². The summed E-state index contributed by atoms with van der Waals surface area (Å²) < 4.78 is 5.13. The van der Waals surface area contributed by atoms with Crippen LogP contribution in [0.5, 0.6) is 0 Å². The van der Waals surface area contributed by atoms with E-state index in [0.717, 1.165) is 42.0 Å². The first kappa shape index (κ1) is 17.9. The van der Waals surface area contributed by atoms with Gasteiger partial charge in [-0.15, -0.1) is 12.4 Å². The summed E-state index contributed by atoms with van der Waals surface area (Å²) in [6.07, 6.45) is 3.80. The molecular formula is C21H20ClN3O2. The van der Waals surface area contributed by atoms with E-state index in [1.165, 1.54) is 5.39 Å². The Balaban J connectivity index is 0.00000180. The number of ether oxygens (including phenoxy) is 1. The van der Waals surface area contributed by atoms with Crippen LogP contribution in [0.3, 0.4) is 0 Å². The zero-order valence-corrected chi connectivity index (χ0v) is 15.6. The molecule has 2 aliphatic heterocycles. The van der Waals surface area contributed by atoms with Crippen molar-refractivity contribution in [2.45, 2.75) is 6.54 Å². The van der Waals surface area contributed by atoms with E-state index in [0.29, 0.717) is 12.5 Å². The highest BCUT2D eigenvalue weighted by Gasteiger charge is 2.43. The number of fused-ring (bicyclic) bond motifs is 2. The third-order valence-corrected chi connectivity index (χ3v) is 5.40. The maximum absolute atomic E-state index is 11.7. The first-order valence-corrected chi connectivity index (χ1v) is 8.96. The van der Waals surface area contributed by atoms with E-state index in [9.17, 15) is 4.79 Å². The fraction of sp³-hybridized carbons (Fsp3) is 0.286. The molecule has 0 radical (unpaired) electrons. The van der Waals surface area contributed by atoms with Crippen molar-refractivity contribution in [3.05, 3.63) is 60.4 Å². The van der Waals surface area contributed by atoms with Crippen LogP contribution in [0.15, 0.2) is 54.9 Å². The number of nitrogens with zero attached hydrogens (tertiary/aromatic N) is 3.